The van der Waals surface area contributed by atoms with E-state index < -0.39 is 17.5 Å². The number of benzene rings is 2. The maximum atomic E-state index is 14.0. The molecule has 8 nitrogen and oxygen atoms in total. The van der Waals surface area contributed by atoms with Crippen LogP contribution in [-0.2, 0) is 14.4 Å². The molecule has 3 rings (SSSR count). The lowest BCUT2D eigenvalue weighted by molar-refractivity contribution is -0.128. The molecule has 0 radical (unpaired) electrons. The van der Waals surface area contributed by atoms with E-state index >= 15 is 0 Å². The fraction of sp³-hybridized carbons (Fsp3) is 0.379. The molecule has 0 aliphatic heterocycles. The zero-order valence-corrected chi connectivity index (χ0v) is 23.7. The topological polar surface area (TPSA) is 105 Å². The van der Waals surface area contributed by atoms with Crippen LogP contribution in [0.4, 0.5) is 11.5 Å². The van der Waals surface area contributed by atoms with Gasteiger partial charge in [-0.15, -0.1) is 0 Å². The van der Waals surface area contributed by atoms with Gasteiger partial charge in [-0.25, -0.2) is 0 Å². The molecule has 0 saturated carbocycles. The number of hydrogen-bond donors (Lipinski definition) is 2. The van der Waals surface area contributed by atoms with Gasteiger partial charge in [0, 0.05) is 35.0 Å². The van der Waals surface area contributed by atoms with Crippen LogP contribution in [0.15, 0.2) is 47.0 Å². The molecule has 1 atom stereocenters. The van der Waals surface area contributed by atoms with E-state index in [1.807, 2.05) is 53.7 Å². The summed E-state index contributed by atoms with van der Waals surface area (Å²) in [6.45, 7) is 13.1. The Labute approximate surface area is 228 Å². The molecule has 0 fully saturated rings. The molecule has 0 saturated heterocycles. The largest absolute Gasteiger partial charge is 0.360 e. The molecule has 2 N–H and O–H groups in total. The summed E-state index contributed by atoms with van der Waals surface area (Å²) in [5, 5.41) is 9.77. The maximum absolute atomic E-state index is 14.0. The van der Waals surface area contributed by atoms with Gasteiger partial charge in [-0.05, 0) is 65.7 Å². The summed E-state index contributed by atoms with van der Waals surface area (Å²) >= 11 is 6.60. The number of hydrogen-bond acceptors (Lipinski definition) is 5. The van der Waals surface area contributed by atoms with E-state index in [9.17, 15) is 14.4 Å². The second kappa shape index (κ2) is 11.8. The van der Waals surface area contributed by atoms with Crippen LogP contribution in [0.25, 0.3) is 0 Å². The van der Waals surface area contributed by atoms with Crippen molar-refractivity contribution in [3.8, 4) is 0 Å². The minimum atomic E-state index is -1.06. The Hall–Kier alpha value is -3.65. The Morgan fingerprint density at radius 2 is 1.63 bits per heavy atom. The molecule has 3 amide bonds. The van der Waals surface area contributed by atoms with Crippen LogP contribution in [0.2, 0.25) is 5.02 Å². The third-order valence-corrected chi connectivity index (χ3v) is 6.16. The Bertz CT molecular complexity index is 1320. The highest BCUT2D eigenvalue weighted by molar-refractivity contribution is 6.31. The Morgan fingerprint density at radius 3 is 2.18 bits per heavy atom. The Morgan fingerprint density at radius 1 is 1.00 bits per heavy atom. The quantitative estimate of drug-likeness (QED) is 0.367. The van der Waals surface area contributed by atoms with Gasteiger partial charge in [0.2, 0.25) is 17.7 Å². The van der Waals surface area contributed by atoms with Crippen LogP contribution >= 0.6 is 11.6 Å². The van der Waals surface area contributed by atoms with Gasteiger partial charge in [0.15, 0.2) is 5.82 Å². The summed E-state index contributed by atoms with van der Waals surface area (Å²) in [4.78, 5) is 41.9. The summed E-state index contributed by atoms with van der Waals surface area (Å²) in [7, 11) is 0. The van der Waals surface area contributed by atoms with Crippen molar-refractivity contribution in [2.24, 2.45) is 0 Å². The molecule has 0 aliphatic carbocycles. The Balaban J connectivity index is 2.06. The third-order valence-electron chi connectivity index (χ3n) is 5.81. The summed E-state index contributed by atoms with van der Waals surface area (Å²) in [5.74, 6) is -0.320. The molecule has 1 aromatic heterocycles. The predicted octanol–water partition coefficient (Wildman–Crippen LogP) is 5.97. The molecule has 38 heavy (non-hydrogen) atoms. The average Bonchev–Trinajstić information content (AvgIpc) is 3.20. The second-order valence-electron chi connectivity index (χ2n) is 10.5. The van der Waals surface area contributed by atoms with E-state index in [1.54, 1.807) is 37.3 Å². The first kappa shape index (κ1) is 28.9. The van der Waals surface area contributed by atoms with Crippen molar-refractivity contribution in [3.05, 3.63) is 75.5 Å². The zero-order valence-electron chi connectivity index (χ0n) is 22.9. The van der Waals surface area contributed by atoms with Gasteiger partial charge in [-0.2, -0.15) is 0 Å². The normalized spacial score (nSPS) is 12.1. The van der Waals surface area contributed by atoms with Gasteiger partial charge in [0.05, 0.1) is 5.69 Å². The maximum Gasteiger partial charge on any atom is 0.248 e. The number of carbonyl (C=O) groups is 3. The highest BCUT2D eigenvalue weighted by atomic mass is 35.5. The monoisotopic (exact) mass is 538 g/mol. The van der Waals surface area contributed by atoms with E-state index in [1.165, 1.54) is 4.90 Å². The number of aromatic nitrogens is 1. The minimum Gasteiger partial charge on any atom is -0.360 e. The van der Waals surface area contributed by atoms with Gasteiger partial charge in [-0.3, -0.25) is 19.3 Å². The number of aryl methyl sites for hydroxylation is 4. The number of nitrogens with zero attached hydrogens (tertiary/aromatic N) is 2. The molecule has 1 heterocycles. The van der Waals surface area contributed by atoms with E-state index in [2.05, 4.69) is 15.8 Å². The van der Waals surface area contributed by atoms with E-state index in [0.29, 0.717) is 22.0 Å². The van der Waals surface area contributed by atoms with Gasteiger partial charge >= 0.3 is 0 Å². The molecule has 2 aromatic carbocycles. The van der Waals surface area contributed by atoms with Gasteiger partial charge < -0.3 is 15.2 Å². The highest BCUT2D eigenvalue weighted by Gasteiger charge is 2.37. The first-order valence-corrected chi connectivity index (χ1v) is 12.8. The molecular formula is C29H35ClN4O4. The van der Waals surface area contributed by atoms with E-state index in [-0.39, 0.29) is 30.5 Å². The molecule has 0 spiro atoms. The number of anilines is 2. The summed E-state index contributed by atoms with van der Waals surface area (Å²) < 4.78 is 4.98. The van der Waals surface area contributed by atoms with Crippen molar-refractivity contribution < 1.29 is 18.9 Å². The SMILES string of the molecule is Cc1cc(C)c(N(C(=O)CCC(=O)Nc2cc(C)on2)[C@H](C(=O)NC(C)(C)C)c2ccccc2Cl)c(C)c1. The van der Waals surface area contributed by atoms with Crippen LogP contribution in [0.3, 0.4) is 0 Å². The molecule has 202 valence electrons. The van der Waals surface area contributed by atoms with Crippen LogP contribution in [-0.4, -0.2) is 28.4 Å². The third kappa shape index (κ3) is 7.22. The van der Waals surface area contributed by atoms with Crippen molar-refractivity contribution >= 4 is 40.8 Å². The first-order valence-electron chi connectivity index (χ1n) is 12.5. The number of carbonyl (C=O) groups excluding carboxylic acids is 3. The van der Waals surface area contributed by atoms with Gasteiger partial charge in [-0.1, -0.05) is 52.7 Å². The number of amides is 3. The first-order chi connectivity index (χ1) is 17.8. The van der Waals surface area contributed by atoms with Crippen molar-refractivity contribution in [2.75, 3.05) is 10.2 Å². The standard InChI is InChI=1S/C29H35ClN4O4/c1-17-14-18(2)26(19(3)15-17)34(25(36)13-12-24(35)31-23-16-20(4)38-33-23)27(28(37)32-29(5,6)7)21-10-8-9-11-22(21)30/h8-11,14-16,27H,12-13H2,1-7H3,(H,32,37)(H,31,33,35)/t27-/m0/s1. The Kier molecular flexibility index (Phi) is 8.99. The van der Waals surface area contributed by atoms with Gasteiger partial charge in [0.1, 0.15) is 11.8 Å². The number of nitrogens with one attached hydrogen (secondary N) is 2. The minimum absolute atomic E-state index is 0.110. The second-order valence-corrected chi connectivity index (χ2v) is 11.0. The van der Waals surface area contributed by atoms with Gasteiger partial charge in [0.25, 0.3) is 0 Å². The van der Waals surface area contributed by atoms with Crippen LogP contribution in [0.1, 0.15) is 67.7 Å². The molecule has 3 aromatic rings. The lowest BCUT2D eigenvalue weighted by atomic mass is 9.97. The van der Waals surface area contributed by atoms with Crippen LogP contribution < -0.4 is 15.5 Å². The van der Waals surface area contributed by atoms with Crippen molar-refractivity contribution in [3.63, 3.8) is 0 Å². The highest BCUT2D eigenvalue weighted by Crippen LogP contribution is 2.37. The summed E-state index contributed by atoms with van der Waals surface area (Å²) in [6, 6.07) is 11.5. The predicted molar refractivity (Wildman–Crippen MR) is 149 cm³/mol. The average molecular weight is 539 g/mol. The fourth-order valence-electron chi connectivity index (χ4n) is 4.45. The summed E-state index contributed by atoms with van der Waals surface area (Å²) in [6.07, 6.45) is -0.250. The van der Waals surface area contributed by atoms with Crippen LogP contribution in [0.5, 0.6) is 0 Å². The van der Waals surface area contributed by atoms with E-state index in [0.717, 1.165) is 16.7 Å². The molecule has 0 unspecified atom stereocenters. The number of rotatable bonds is 8. The smallest absolute Gasteiger partial charge is 0.248 e. The summed E-state index contributed by atoms with van der Waals surface area (Å²) in [5.41, 5.74) is 3.25. The molecule has 0 aliphatic rings. The molecular weight excluding hydrogens is 504 g/mol. The lowest BCUT2D eigenvalue weighted by Crippen LogP contribution is -2.50. The lowest BCUT2D eigenvalue weighted by Gasteiger charge is -2.36. The van der Waals surface area contributed by atoms with E-state index in [4.69, 9.17) is 16.1 Å². The zero-order chi connectivity index (χ0) is 28.2. The molecule has 9 heteroatoms. The van der Waals surface area contributed by atoms with Crippen molar-refractivity contribution in [2.45, 2.75) is 72.9 Å². The van der Waals surface area contributed by atoms with Crippen molar-refractivity contribution in [1.82, 2.24) is 10.5 Å². The van der Waals surface area contributed by atoms with Crippen LogP contribution in [0, 0.1) is 27.7 Å². The number of halogens is 1. The molecule has 0 bridgehead atoms. The fourth-order valence-corrected chi connectivity index (χ4v) is 4.69. The van der Waals surface area contributed by atoms with Crippen molar-refractivity contribution in [1.29, 1.82) is 0 Å².